The Hall–Kier alpha value is -0.840. The van der Waals surface area contributed by atoms with E-state index in [0.717, 1.165) is 0 Å². The van der Waals surface area contributed by atoms with Crippen molar-refractivity contribution in [1.29, 1.82) is 0 Å². The third kappa shape index (κ3) is 5.02. The van der Waals surface area contributed by atoms with Crippen LogP contribution in [0, 0.1) is 0 Å². The van der Waals surface area contributed by atoms with E-state index in [1.54, 1.807) is 0 Å². The normalized spacial score (nSPS) is 8.11. The Labute approximate surface area is 58.4 Å². The van der Waals surface area contributed by atoms with E-state index in [1.165, 1.54) is 7.11 Å². The van der Waals surface area contributed by atoms with Gasteiger partial charge in [0.1, 0.15) is 6.54 Å². The van der Waals surface area contributed by atoms with Gasteiger partial charge in [-0.15, -0.1) is 0 Å². The number of carbonyl (C=O) groups is 1. The molecule has 52 valence electrons. The summed E-state index contributed by atoms with van der Waals surface area (Å²) in [6.07, 6.45) is 0. The average molecular weight is 148 g/mol. The summed E-state index contributed by atoms with van der Waals surface area (Å²) in [6, 6.07) is 0. The first kappa shape index (κ1) is 8.16. The number of carbonyl (C=O) groups excluding carboxylic acids is 1. The second-order valence-corrected chi connectivity index (χ2v) is 1.73. The maximum atomic E-state index is 10.3. The Kier molecular flexibility index (Phi) is 3.70. The second-order valence-electron chi connectivity index (χ2n) is 1.29. The van der Waals surface area contributed by atoms with E-state index in [0.29, 0.717) is 0 Å². The number of nitrogens with one attached hydrogen (secondary N) is 1. The van der Waals surface area contributed by atoms with Gasteiger partial charge in [0.15, 0.2) is 5.11 Å². The largest absolute Gasteiger partial charge is 0.468 e. The number of nitrogens with two attached hydrogens (primary N) is 1. The van der Waals surface area contributed by atoms with Crippen molar-refractivity contribution in [2.24, 2.45) is 5.73 Å². The van der Waals surface area contributed by atoms with Gasteiger partial charge in [-0.2, -0.15) is 0 Å². The monoisotopic (exact) mass is 148 g/mol. The first-order valence-corrected chi connectivity index (χ1v) is 2.67. The lowest BCUT2D eigenvalue weighted by Crippen LogP contribution is -2.34. The van der Waals surface area contributed by atoms with Gasteiger partial charge >= 0.3 is 5.97 Å². The maximum absolute atomic E-state index is 10.3. The molecule has 9 heavy (non-hydrogen) atoms. The quantitative estimate of drug-likeness (QED) is 0.388. The van der Waals surface area contributed by atoms with Crippen LogP contribution in [0.5, 0.6) is 0 Å². The van der Waals surface area contributed by atoms with Crippen LogP contribution in [0.2, 0.25) is 0 Å². The number of methoxy groups -OCH3 is 1. The van der Waals surface area contributed by atoms with Gasteiger partial charge in [0.25, 0.3) is 0 Å². The Morgan fingerprint density at radius 2 is 2.44 bits per heavy atom. The molecule has 0 rings (SSSR count). The molecule has 0 aromatic rings. The molecule has 3 N–H and O–H groups in total. The topological polar surface area (TPSA) is 64.3 Å². The van der Waals surface area contributed by atoms with Crippen molar-refractivity contribution < 1.29 is 9.53 Å². The van der Waals surface area contributed by atoms with Crippen LogP contribution in [-0.2, 0) is 9.53 Å². The summed E-state index contributed by atoms with van der Waals surface area (Å²) in [5.74, 6) is -0.386. The Balaban J connectivity index is 3.28. The van der Waals surface area contributed by atoms with Crippen LogP contribution >= 0.6 is 12.2 Å². The molecule has 5 heteroatoms. The number of hydrogen-bond donors (Lipinski definition) is 2. The predicted molar refractivity (Wildman–Crippen MR) is 36.8 cm³/mol. The van der Waals surface area contributed by atoms with Crippen LogP contribution in [0.4, 0.5) is 0 Å². The molecule has 0 atom stereocenters. The van der Waals surface area contributed by atoms with Crippen LogP contribution < -0.4 is 11.1 Å². The zero-order valence-electron chi connectivity index (χ0n) is 5.01. The van der Waals surface area contributed by atoms with Crippen LogP contribution in [0.1, 0.15) is 0 Å². The van der Waals surface area contributed by atoms with Gasteiger partial charge in [-0.1, -0.05) is 0 Å². The molecule has 0 spiro atoms. The smallest absolute Gasteiger partial charge is 0.325 e. The summed E-state index contributed by atoms with van der Waals surface area (Å²) in [7, 11) is 1.30. The molecule has 0 fully saturated rings. The Bertz CT molecular complexity index is 126. The Morgan fingerprint density at radius 3 is 2.78 bits per heavy atom. The molecule has 0 aliphatic rings. The first-order valence-electron chi connectivity index (χ1n) is 2.27. The number of thiocarbonyl (C=S) groups is 1. The molecule has 0 radical (unpaired) electrons. The van der Waals surface area contributed by atoms with Gasteiger partial charge < -0.3 is 15.8 Å². The average Bonchev–Trinajstić information content (AvgIpc) is 1.83. The molecule has 0 saturated heterocycles. The van der Waals surface area contributed by atoms with Gasteiger partial charge in [-0.25, -0.2) is 0 Å². The van der Waals surface area contributed by atoms with Gasteiger partial charge in [0.05, 0.1) is 7.11 Å². The second kappa shape index (κ2) is 4.08. The van der Waals surface area contributed by atoms with E-state index < -0.39 is 0 Å². The first-order chi connectivity index (χ1) is 4.16. The fraction of sp³-hybridized carbons (Fsp3) is 0.500. The third-order valence-electron chi connectivity index (χ3n) is 0.635. The molecule has 0 heterocycles. The standard InChI is InChI=1S/C4H8N2O2S/c1-8-3(7)2-6-4(5)9/h2H2,1H3,(H3,5,6,9). The van der Waals surface area contributed by atoms with Crippen molar-refractivity contribution in [3.8, 4) is 0 Å². The van der Waals surface area contributed by atoms with Gasteiger partial charge in [-0.05, 0) is 12.2 Å². The highest BCUT2D eigenvalue weighted by Gasteiger charge is 1.96. The van der Waals surface area contributed by atoms with E-state index in [9.17, 15) is 4.79 Å². The molecule has 0 aliphatic heterocycles. The molecule has 0 saturated carbocycles. The van der Waals surface area contributed by atoms with E-state index in [4.69, 9.17) is 5.73 Å². The minimum Gasteiger partial charge on any atom is -0.468 e. The summed E-state index contributed by atoms with van der Waals surface area (Å²) in [6.45, 7) is 0.0336. The van der Waals surface area contributed by atoms with Crippen LogP contribution in [0.15, 0.2) is 0 Å². The van der Waals surface area contributed by atoms with Gasteiger partial charge in [0.2, 0.25) is 0 Å². The number of ether oxygens (including phenoxy) is 1. The van der Waals surface area contributed by atoms with Crippen molar-refractivity contribution in [2.75, 3.05) is 13.7 Å². The third-order valence-corrected chi connectivity index (χ3v) is 0.779. The van der Waals surface area contributed by atoms with Crippen LogP contribution in [-0.4, -0.2) is 24.7 Å². The van der Waals surface area contributed by atoms with Crippen LogP contribution in [0.3, 0.4) is 0 Å². The molecular weight excluding hydrogens is 140 g/mol. The summed E-state index contributed by atoms with van der Waals surface area (Å²) >= 11 is 4.42. The van der Waals surface area contributed by atoms with E-state index >= 15 is 0 Å². The van der Waals surface area contributed by atoms with Crippen molar-refractivity contribution in [3.63, 3.8) is 0 Å². The summed E-state index contributed by atoms with van der Waals surface area (Å²) in [4.78, 5) is 10.3. The number of rotatable bonds is 2. The molecule has 0 aromatic carbocycles. The lowest BCUT2D eigenvalue weighted by Gasteiger charge is -1.99. The maximum Gasteiger partial charge on any atom is 0.325 e. The summed E-state index contributed by atoms with van der Waals surface area (Å²) in [5.41, 5.74) is 5.01. The SMILES string of the molecule is COC(=O)CNC(N)=S. The van der Waals surface area contributed by atoms with E-state index in [1.807, 2.05) is 0 Å². The highest BCUT2D eigenvalue weighted by atomic mass is 32.1. The summed E-state index contributed by atoms with van der Waals surface area (Å²) < 4.78 is 4.28. The lowest BCUT2D eigenvalue weighted by molar-refractivity contribution is -0.139. The molecule has 0 bridgehead atoms. The van der Waals surface area contributed by atoms with Crippen molar-refractivity contribution in [2.45, 2.75) is 0 Å². The molecule has 0 unspecified atom stereocenters. The van der Waals surface area contributed by atoms with Crippen molar-refractivity contribution in [3.05, 3.63) is 0 Å². The minimum atomic E-state index is -0.386. The molecule has 0 aliphatic carbocycles. The zero-order valence-corrected chi connectivity index (χ0v) is 5.83. The number of esters is 1. The summed E-state index contributed by atoms with van der Waals surface area (Å²) in [5, 5.41) is 2.53. The van der Waals surface area contributed by atoms with Gasteiger partial charge in [-0.3, -0.25) is 4.79 Å². The fourth-order valence-electron chi connectivity index (χ4n) is 0.231. The highest BCUT2D eigenvalue weighted by molar-refractivity contribution is 7.80. The van der Waals surface area contributed by atoms with Crippen molar-refractivity contribution >= 4 is 23.3 Å². The van der Waals surface area contributed by atoms with Crippen LogP contribution in [0.25, 0.3) is 0 Å². The fourth-order valence-corrected chi connectivity index (χ4v) is 0.304. The molecule has 4 nitrogen and oxygen atoms in total. The predicted octanol–water partition coefficient (Wildman–Crippen LogP) is -1.01. The highest BCUT2D eigenvalue weighted by Crippen LogP contribution is 1.67. The minimum absolute atomic E-state index is 0.0336. The number of hydrogen-bond acceptors (Lipinski definition) is 3. The van der Waals surface area contributed by atoms with Crippen molar-refractivity contribution in [1.82, 2.24) is 5.32 Å². The lowest BCUT2D eigenvalue weighted by atomic mass is 10.6. The zero-order chi connectivity index (χ0) is 7.28. The molecule has 0 aromatic heterocycles. The molecular formula is C4H8N2O2S. The Morgan fingerprint density at radius 1 is 1.89 bits per heavy atom. The van der Waals surface area contributed by atoms with Gasteiger partial charge in [0, 0.05) is 0 Å². The van der Waals surface area contributed by atoms with E-state index in [-0.39, 0.29) is 17.6 Å². The molecule has 0 amide bonds. The van der Waals surface area contributed by atoms with E-state index in [2.05, 4.69) is 22.3 Å².